The van der Waals surface area contributed by atoms with E-state index in [1.165, 1.54) is 12.2 Å². The summed E-state index contributed by atoms with van der Waals surface area (Å²) < 4.78 is 4.10. The fourth-order valence-corrected chi connectivity index (χ4v) is 3.55. The highest BCUT2D eigenvalue weighted by atomic mass is 32.1. The van der Waals surface area contributed by atoms with Crippen LogP contribution in [0.2, 0.25) is 0 Å². The van der Waals surface area contributed by atoms with Gasteiger partial charge < -0.3 is 9.88 Å². The molecule has 0 amide bonds. The largest absolute Gasteiger partial charge is 0.360 e. The SMILES string of the molecule is Cc1cn2nc(NC[C@@H]3CCc4nccn4C3)sc2n1. The number of fused-ring (bicyclic) bond motifs is 2. The van der Waals surface area contributed by atoms with Gasteiger partial charge >= 0.3 is 0 Å². The molecule has 0 saturated carbocycles. The summed E-state index contributed by atoms with van der Waals surface area (Å²) in [7, 11) is 0. The second kappa shape index (κ2) is 4.59. The minimum atomic E-state index is 0.634. The predicted octanol–water partition coefficient (Wildman–Crippen LogP) is 1.97. The number of anilines is 1. The molecule has 0 radical (unpaired) electrons. The standard InChI is InChI=1S/C13H16N6S/c1-9-7-19-13(16-9)20-12(17-19)15-6-10-2-3-11-14-4-5-18(11)8-10/h4-5,7,10H,2-3,6,8H2,1H3,(H,15,17)/t10-/m0/s1. The van der Waals surface area contributed by atoms with Crippen molar-refractivity contribution in [2.24, 2.45) is 5.92 Å². The van der Waals surface area contributed by atoms with E-state index < -0.39 is 0 Å². The average Bonchev–Trinajstić information content (AvgIpc) is 3.09. The molecule has 0 fully saturated rings. The molecule has 0 spiro atoms. The zero-order valence-corrected chi connectivity index (χ0v) is 12.1. The third kappa shape index (κ3) is 2.07. The van der Waals surface area contributed by atoms with Gasteiger partial charge in [0, 0.05) is 31.9 Å². The molecule has 1 aliphatic heterocycles. The van der Waals surface area contributed by atoms with Crippen molar-refractivity contribution in [1.29, 1.82) is 0 Å². The molecule has 104 valence electrons. The van der Waals surface area contributed by atoms with E-state index in [1.807, 2.05) is 23.8 Å². The summed E-state index contributed by atoms with van der Waals surface area (Å²) >= 11 is 1.60. The maximum absolute atomic E-state index is 4.49. The highest BCUT2D eigenvalue weighted by Crippen LogP contribution is 2.22. The van der Waals surface area contributed by atoms with Crippen LogP contribution in [0, 0.1) is 12.8 Å². The molecule has 7 heteroatoms. The number of aromatic nitrogens is 5. The fraction of sp³-hybridized carbons (Fsp3) is 0.462. The lowest BCUT2D eigenvalue weighted by atomic mass is 10.00. The molecular formula is C13H16N6S. The smallest absolute Gasteiger partial charge is 0.214 e. The predicted molar refractivity (Wildman–Crippen MR) is 78.1 cm³/mol. The Hall–Kier alpha value is -1.89. The van der Waals surface area contributed by atoms with Gasteiger partial charge in [-0.05, 0) is 19.3 Å². The number of nitrogens with one attached hydrogen (secondary N) is 1. The van der Waals surface area contributed by atoms with Crippen molar-refractivity contribution in [2.75, 3.05) is 11.9 Å². The summed E-state index contributed by atoms with van der Waals surface area (Å²) in [4.78, 5) is 9.73. The topological polar surface area (TPSA) is 60.0 Å². The molecular weight excluding hydrogens is 272 g/mol. The van der Waals surface area contributed by atoms with Crippen molar-refractivity contribution < 1.29 is 0 Å². The molecule has 0 saturated heterocycles. The van der Waals surface area contributed by atoms with Crippen molar-refractivity contribution in [1.82, 2.24) is 24.1 Å². The zero-order chi connectivity index (χ0) is 13.5. The van der Waals surface area contributed by atoms with Gasteiger partial charge in [0.15, 0.2) is 0 Å². The van der Waals surface area contributed by atoms with Crippen LogP contribution in [0.3, 0.4) is 0 Å². The first kappa shape index (κ1) is 11.9. The highest BCUT2D eigenvalue weighted by Gasteiger charge is 2.19. The maximum atomic E-state index is 4.49. The summed E-state index contributed by atoms with van der Waals surface area (Å²) in [6, 6.07) is 0. The maximum Gasteiger partial charge on any atom is 0.214 e. The Morgan fingerprint density at radius 1 is 1.50 bits per heavy atom. The Balaban J connectivity index is 1.42. The van der Waals surface area contributed by atoms with Crippen LogP contribution in [0.1, 0.15) is 17.9 Å². The van der Waals surface area contributed by atoms with E-state index in [1.54, 1.807) is 11.3 Å². The second-order valence-corrected chi connectivity index (χ2v) is 6.25. The van der Waals surface area contributed by atoms with Crippen molar-refractivity contribution in [3.05, 3.63) is 30.1 Å². The monoisotopic (exact) mass is 288 g/mol. The molecule has 0 bridgehead atoms. The Labute approximate surface area is 120 Å². The van der Waals surface area contributed by atoms with E-state index in [9.17, 15) is 0 Å². The van der Waals surface area contributed by atoms with Crippen molar-refractivity contribution in [3.8, 4) is 0 Å². The van der Waals surface area contributed by atoms with Crippen LogP contribution in [-0.4, -0.2) is 30.7 Å². The van der Waals surface area contributed by atoms with E-state index in [2.05, 4.69) is 31.1 Å². The van der Waals surface area contributed by atoms with Gasteiger partial charge in [0.2, 0.25) is 10.1 Å². The summed E-state index contributed by atoms with van der Waals surface area (Å²) in [5.74, 6) is 1.85. The van der Waals surface area contributed by atoms with Gasteiger partial charge in [0.1, 0.15) is 5.82 Å². The Morgan fingerprint density at radius 2 is 2.45 bits per heavy atom. The number of imidazole rings is 2. The Bertz CT molecular complexity index is 708. The van der Waals surface area contributed by atoms with E-state index >= 15 is 0 Å². The first-order valence-corrected chi connectivity index (χ1v) is 7.66. The molecule has 3 aromatic rings. The number of hydrogen-bond acceptors (Lipinski definition) is 5. The van der Waals surface area contributed by atoms with Gasteiger partial charge in [-0.25, -0.2) is 14.5 Å². The minimum absolute atomic E-state index is 0.634. The second-order valence-electron chi connectivity index (χ2n) is 5.30. The molecule has 0 aliphatic carbocycles. The van der Waals surface area contributed by atoms with Crippen LogP contribution in [0.25, 0.3) is 4.96 Å². The van der Waals surface area contributed by atoms with Crippen molar-refractivity contribution in [2.45, 2.75) is 26.3 Å². The molecule has 3 aromatic heterocycles. The van der Waals surface area contributed by atoms with Gasteiger partial charge in [-0.3, -0.25) is 0 Å². The van der Waals surface area contributed by atoms with E-state index in [4.69, 9.17) is 0 Å². The van der Waals surface area contributed by atoms with E-state index in [-0.39, 0.29) is 0 Å². The molecule has 1 atom stereocenters. The van der Waals surface area contributed by atoms with Crippen LogP contribution in [0.5, 0.6) is 0 Å². The lowest BCUT2D eigenvalue weighted by molar-refractivity contribution is 0.381. The van der Waals surface area contributed by atoms with Gasteiger partial charge in [-0.2, -0.15) is 0 Å². The molecule has 20 heavy (non-hydrogen) atoms. The summed E-state index contributed by atoms with van der Waals surface area (Å²) in [6.45, 7) is 3.98. The first-order chi connectivity index (χ1) is 9.78. The third-order valence-electron chi connectivity index (χ3n) is 3.74. The highest BCUT2D eigenvalue weighted by molar-refractivity contribution is 7.20. The minimum Gasteiger partial charge on any atom is -0.360 e. The molecule has 0 aromatic carbocycles. The molecule has 0 unspecified atom stereocenters. The van der Waals surface area contributed by atoms with Crippen molar-refractivity contribution >= 4 is 21.4 Å². The Kier molecular flexibility index (Phi) is 2.73. The zero-order valence-electron chi connectivity index (χ0n) is 11.3. The van der Waals surface area contributed by atoms with Gasteiger partial charge in [-0.1, -0.05) is 11.3 Å². The number of rotatable bonds is 3. The first-order valence-electron chi connectivity index (χ1n) is 6.84. The lowest BCUT2D eigenvalue weighted by Gasteiger charge is -2.23. The summed E-state index contributed by atoms with van der Waals surface area (Å²) in [5, 5.41) is 8.89. The van der Waals surface area contributed by atoms with Crippen LogP contribution in [-0.2, 0) is 13.0 Å². The number of nitrogens with zero attached hydrogens (tertiary/aromatic N) is 5. The van der Waals surface area contributed by atoms with E-state index in [0.717, 1.165) is 35.3 Å². The van der Waals surface area contributed by atoms with Crippen LogP contribution in [0.4, 0.5) is 5.13 Å². The van der Waals surface area contributed by atoms with Gasteiger partial charge in [-0.15, -0.1) is 5.10 Å². The number of hydrogen-bond donors (Lipinski definition) is 1. The summed E-state index contributed by atoms with van der Waals surface area (Å²) in [6.07, 6.45) is 8.17. The molecule has 4 rings (SSSR count). The molecule has 1 aliphatic rings. The number of aryl methyl sites for hydroxylation is 2. The normalized spacial score (nSPS) is 18.4. The average molecular weight is 288 g/mol. The van der Waals surface area contributed by atoms with Crippen LogP contribution >= 0.6 is 11.3 Å². The van der Waals surface area contributed by atoms with Crippen LogP contribution in [0.15, 0.2) is 18.6 Å². The third-order valence-corrected chi connectivity index (χ3v) is 4.62. The van der Waals surface area contributed by atoms with Gasteiger partial charge in [0.05, 0.1) is 11.9 Å². The molecule has 4 heterocycles. The fourth-order valence-electron chi connectivity index (χ4n) is 2.72. The summed E-state index contributed by atoms with van der Waals surface area (Å²) in [5.41, 5.74) is 1.01. The van der Waals surface area contributed by atoms with E-state index in [0.29, 0.717) is 5.92 Å². The molecule has 1 N–H and O–H groups in total. The van der Waals surface area contributed by atoms with Crippen LogP contribution < -0.4 is 5.32 Å². The molecule has 6 nitrogen and oxygen atoms in total. The van der Waals surface area contributed by atoms with Crippen molar-refractivity contribution in [3.63, 3.8) is 0 Å². The van der Waals surface area contributed by atoms with Gasteiger partial charge in [0.25, 0.3) is 0 Å². The Morgan fingerprint density at radius 3 is 3.35 bits per heavy atom. The lowest BCUT2D eigenvalue weighted by Crippen LogP contribution is -2.25. The quantitative estimate of drug-likeness (QED) is 0.800.